The second-order valence-electron chi connectivity index (χ2n) is 7.60. The van der Waals surface area contributed by atoms with Gasteiger partial charge < -0.3 is 14.8 Å². The number of benzene rings is 3. The summed E-state index contributed by atoms with van der Waals surface area (Å²) in [6, 6.07) is 19.1. The number of hydrogen-bond donors (Lipinski definition) is 1. The first-order valence-corrected chi connectivity index (χ1v) is 10.6. The number of nitrogens with zero attached hydrogens (tertiary/aromatic N) is 1. The van der Waals surface area contributed by atoms with Gasteiger partial charge >= 0.3 is 11.9 Å². The molecule has 0 aromatic heterocycles. The highest BCUT2D eigenvalue weighted by atomic mass is 16.5. The Morgan fingerprint density at radius 3 is 2.03 bits per heavy atom. The molecular formula is C26H20N2O7. The normalized spacial score (nSPS) is 12.2. The van der Waals surface area contributed by atoms with E-state index in [1.807, 2.05) is 0 Å². The van der Waals surface area contributed by atoms with Crippen molar-refractivity contribution < 1.29 is 33.4 Å². The summed E-state index contributed by atoms with van der Waals surface area (Å²) in [5, 5.41) is 2.51. The number of carbonyl (C=O) groups excluding carboxylic acids is 5. The fraction of sp³-hybridized carbons (Fsp3) is 0.115. The van der Waals surface area contributed by atoms with Crippen LogP contribution < -0.4 is 5.32 Å². The minimum Gasteiger partial charge on any atom is -0.465 e. The highest BCUT2D eigenvalue weighted by Crippen LogP contribution is 2.24. The van der Waals surface area contributed by atoms with Gasteiger partial charge in [0.05, 0.1) is 41.6 Å². The van der Waals surface area contributed by atoms with Crippen LogP contribution in [0.2, 0.25) is 0 Å². The second-order valence-corrected chi connectivity index (χ2v) is 7.60. The molecule has 0 fully saturated rings. The molecule has 0 bridgehead atoms. The molecule has 1 aliphatic rings. The van der Waals surface area contributed by atoms with Crippen LogP contribution in [0.1, 0.15) is 47.0 Å². The number of carbonyl (C=O) groups is 5. The Morgan fingerprint density at radius 1 is 0.800 bits per heavy atom. The third-order valence-electron chi connectivity index (χ3n) is 5.35. The van der Waals surface area contributed by atoms with Crippen molar-refractivity contribution in [2.75, 3.05) is 19.0 Å². The van der Waals surface area contributed by atoms with Gasteiger partial charge in [-0.3, -0.25) is 19.3 Å². The number of methoxy groups -OCH3 is 1. The van der Waals surface area contributed by atoms with Crippen LogP contribution in [-0.2, 0) is 20.8 Å². The van der Waals surface area contributed by atoms with Crippen LogP contribution in [-0.4, -0.2) is 48.3 Å². The highest BCUT2D eigenvalue weighted by molar-refractivity contribution is 6.21. The number of rotatable bonds is 7. The molecule has 3 aromatic carbocycles. The zero-order valence-corrected chi connectivity index (χ0v) is 18.6. The molecule has 35 heavy (non-hydrogen) atoms. The van der Waals surface area contributed by atoms with Crippen molar-refractivity contribution in [3.63, 3.8) is 0 Å². The number of fused-ring (bicyclic) bond motifs is 1. The third-order valence-corrected chi connectivity index (χ3v) is 5.35. The molecule has 0 atom stereocenters. The summed E-state index contributed by atoms with van der Waals surface area (Å²) in [5.74, 6) is -2.70. The Labute approximate surface area is 200 Å². The van der Waals surface area contributed by atoms with E-state index in [1.165, 1.54) is 31.4 Å². The number of para-hydroxylation sites is 1. The molecule has 176 valence electrons. The lowest BCUT2D eigenvalue weighted by molar-refractivity contribution is -0.119. The van der Waals surface area contributed by atoms with Gasteiger partial charge in [0.25, 0.3) is 17.7 Å². The van der Waals surface area contributed by atoms with Crippen LogP contribution in [0.15, 0.2) is 72.8 Å². The van der Waals surface area contributed by atoms with Crippen LogP contribution in [0.4, 0.5) is 5.69 Å². The third kappa shape index (κ3) is 4.93. The van der Waals surface area contributed by atoms with Crippen molar-refractivity contribution in [2.45, 2.75) is 6.54 Å². The number of hydrogen-bond acceptors (Lipinski definition) is 7. The number of imide groups is 1. The first-order chi connectivity index (χ1) is 16.9. The lowest BCUT2D eigenvalue weighted by Gasteiger charge is -2.14. The Morgan fingerprint density at radius 2 is 1.40 bits per heavy atom. The molecule has 0 spiro atoms. The first-order valence-electron chi connectivity index (χ1n) is 10.6. The molecule has 3 amide bonds. The zero-order valence-electron chi connectivity index (χ0n) is 18.6. The number of ether oxygens (including phenoxy) is 2. The van der Waals surface area contributed by atoms with Crippen molar-refractivity contribution in [1.29, 1.82) is 0 Å². The maximum atomic E-state index is 12.5. The van der Waals surface area contributed by atoms with Gasteiger partial charge in [0.15, 0.2) is 6.61 Å². The van der Waals surface area contributed by atoms with E-state index in [0.29, 0.717) is 16.7 Å². The molecule has 3 aromatic rings. The Bertz CT molecular complexity index is 1300. The van der Waals surface area contributed by atoms with Crippen molar-refractivity contribution >= 4 is 35.3 Å². The van der Waals surface area contributed by atoms with Gasteiger partial charge in [0.2, 0.25) is 0 Å². The van der Waals surface area contributed by atoms with E-state index >= 15 is 0 Å². The maximum absolute atomic E-state index is 12.5. The zero-order chi connectivity index (χ0) is 24.9. The standard InChI is InChI=1S/C26H20N2O7/c1-34-26(33)20-8-4-5-9-21(20)27-22(29)15-35-25(32)17-12-10-16(11-13-17)14-28-23(30)18-6-2-3-7-19(18)24(28)31/h2-13H,14-15H2,1H3,(H,27,29). The quantitative estimate of drug-likeness (QED) is 0.415. The number of esters is 2. The monoisotopic (exact) mass is 472 g/mol. The van der Waals surface area contributed by atoms with Crippen molar-refractivity contribution in [3.05, 3.63) is 101 Å². The predicted molar refractivity (Wildman–Crippen MR) is 124 cm³/mol. The van der Waals surface area contributed by atoms with E-state index in [1.54, 1.807) is 48.5 Å². The van der Waals surface area contributed by atoms with Gasteiger partial charge in [-0.1, -0.05) is 36.4 Å². The summed E-state index contributed by atoms with van der Waals surface area (Å²) in [6.45, 7) is -0.505. The lowest BCUT2D eigenvalue weighted by atomic mass is 10.1. The average Bonchev–Trinajstić information content (AvgIpc) is 3.12. The fourth-order valence-electron chi connectivity index (χ4n) is 3.59. The molecule has 0 radical (unpaired) electrons. The SMILES string of the molecule is COC(=O)c1ccccc1NC(=O)COC(=O)c1ccc(CN2C(=O)c3ccccc3C2=O)cc1. The first kappa shape index (κ1) is 23.4. The number of nitrogens with one attached hydrogen (secondary N) is 1. The molecule has 0 unspecified atom stereocenters. The molecule has 1 N–H and O–H groups in total. The minimum absolute atomic E-state index is 0.0592. The Kier molecular flexibility index (Phi) is 6.68. The maximum Gasteiger partial charge on any atom is 0.339 e. The summed E-state index contributed by atoms with van der Waals surface area (Å²) >= 11 is 0. The number of anilines is 1. The molecule has 9 nitrogen and oxygen atoms in total. The van der Waals surface area contributed by atoms with E-state index in [2.05, 4.69) is 10.1 Å². The Balaban J connectivity index is 1.33. The van der Waals surface area contributed by atoms with Crippen LogP contribution in [0, 0.1) is 0 Å². The summed E-state index contributed by atoms with van der Waals surface area (Å²) in [6.07, 6.45) is 0. The average molecular weight is 472 g/mol. The smallest absolute Gasteiger partial charge is 0.339 e. The Hall–Kier alpha value is -4.79. The van der Waals surface area contributed by atoms with Crippen LogP contribution in [0.25, 0.3) is 0 Å². The summed E-state index contributed by atoms with van der Waals surface area (Å²) < 4.78 is 9.73. The van der Waals surface area contributed by atoms with Gasteiger partial charge in [-0.2, -0.15) is 0 Å². The van der Waals surface area contributed by atoms with Crippen molar-refractivity contribution in [1.82, 2.24) is 4.90 Å². The van der Waals surface area contributed by atoms with Gasteiger partial charge in [0.1, 0.15) is 0 Å². The van der Waals surface area contributed by atoms with Gasteiger partial charge in [0, 0.05) is 0 Å². The largest absolute Gasteiger partial charge is 0.465 e. The molecule has 4 rings (SSSR count). The molecule has 0 aliphatic carbocycles. The molecule has 1 heterocycles. The van der Waals surface area contributed by atoms with Crippen LogP contribution in [0.5, 0.6) is 0 Å². The van der Waals surface area contributed by atoms with Gasteiger partial charge in [-0.05, 0) is 42.0 Å². The minimum atomic E-state index is -0.728. The fourth-order valence-corrected chi connectivity index (χ4v) is 3.59. The van der Waals surface area contributed by atoms with E-state index in [-0.39, 0.29) is 35.2 Å². The lowest BCUT2D eigenvalue weighted by Crippen LogP contribution is -2.29. The van der Waals surface area contributed by atoms with Crippen LogP contribution >= 0.6 is 0 Å². The van der Waals surface area contributed by atoms with E-state index < -0.39 is 24.5 Å². The molecule has 0 saturated carbocycles. The molecule has 1 aliphatic heterocycles. The summed E-state index contributed by atoms with van der Waals surface area (Å²) in [5.41, 5.74) is 1.98. The topological polar surface area (TPSA) is 119 Å². The van der Waals surface area contributed by atoms with E-state index in [0.717, 1.165) is 4.90 Å². The van der Waals surface area contributed by atoms with Gasteiger partial charge in [-0.15, -0.1) is 0 Å². The molecule has 9 heteroatoms. The highest BCUT2D eigenvalue weighted by Gasteiger charge is 2.34. The van der Waals surface area contributed by atoms with Crippen LogP contribution in [0.3, 0.4) is 0 Å². The predicted octanol–water partition coefficient (Wildman–Crippen LogP) is 3.06. The van der Waals surface area contributed by atoms with E-state index in [9.17, 15) is 24.0 Å². The molecule has 0 saturated heterocycles. The van der Waals surface area contributed by atoms with Gasteiger partial charge in [-0.25, -0.2) is 9.59 Å². The second kappa shape index (κ2) is 10.0. The summed E-state index contributed by atoms with van der Waals surface area (Å²) in [7, 11) is 1.23. The summed E-state index contributed by atoms with van der Waals surface area (Å²) in [4.78, 5) is 62.5. The van der Waals surface area contributed by atoms with E-state index in [4.69, 9.17) is 4.74 Å². The van der Waals surface area contributed by atoms with Crippen molar-refractivity contribution in [3.8, 4) is 0 Å². The number of amides is 3. The molecular weight excluding hydrogens is 452 g/mol. The van der Waals surface area contributed by atoms with Crippen molar-refractivity contribution in [2.24, 2.45) is 0 Å².